The average Bonchev–Trinajstić information content (AvgIpc) is 2.92. The molecule has 86 valence electrons. The van der Waals surface area contributed by atoms with Crippen molar-refractivity contribution < 1.29 is 0 Å². The maximum absolute atomic E-state index is 4.93. The lowest BCUT2D eigenvalue weighted by Crippen LogP contribution is -2.29. The number of hydrogen-bond donors (Lipinski definition) is 1. The van der Waals surface area contributed by atoms with Gasteiger partial charge in [-0.1, -0.05) is 31.0 Å². The van der Waals surface area contributed by atoms with E-state index in [1.54, 1.807) is 11.3 Å². The molecule has 0 atom stereocenters. The number of amidine groups is 1. The number of anilines is 1. The molecule has 1 aliphatic heterocycles. The second-order valence-electron chi connectivity index (χ2n) is 4.63. The molecule has 1 aliphatic carbocycles. The van der Waals surface area contributed by atoms with Gasteiger partial charge < -0.3 is 5.32 Å². The summed E-state index contributed by atoms with van der Waals surface area (Å²) in [6.45, 7) is 0. The lowest BCUT2D eigenvalue weighted by Gasteiger charge is -2.29. The van der Waals surface area contributed by atoms with E-state index in [1.807, 2.05) is 11.8 Å². The Morgan fingerprint density at radius 3 is 2.88 bits per heavy atom. The van der Waals surface area contributed by atoms with E-state index >= 15 is 0 Å². The molecule has 0 bridgehead atoms. The first-order valence-electron chi connectivity index (χ1n) is 5.88. The van der Waals surface area contributed by atoms with Gasteiger partial charge in [0.2, 0.25) is 0 Å². The smallest absolute Gasteiger partial charge is 0.161 e. The lowest BCUT2D eigenvalue weighted by molar-refractivity contribution is 0.335. The zero-order chi connectivity index (χ0) is 10.8. The van der Waals surface area contributed by atoms with Crippen LogP contribution in [0.1, 0.15) is 32.1 Å². The van der Waals surface area contributed by atoms with Crippen molar-refractivity contribution in [1.82, 2.24) is 0 Å². The van der Waals surface area contributed by atoms with Crippen molar-refractivity contribution in [3.63, 3.8) is 0 Å². The van der Waals surface area contributed by atoms with Gasteiger partial charge >= 0.3 is 0 Å². The SMILES string of the molecule is c1cc(NC2=NC3(CCCCC3)CS2)cs1. The Hall–Kier alpha value is -0.480. The quantitative estimate of drug-likeness (QED) is 0.818. The highest BCUT2D eigenvalue weighted by Gasteiger charge is 2.36. The Morgan fingerprint density at radius 1 is 1.25 bits per heavy atom. The standard InChI is InChI=1S/C12H16N2S2/c1-2-5-12(6-3-1)9-16-11(14-12)13-10-4-7-15-8-10/h4,7-8H,1-3,5-6,9H2,(H,13,14). The molecule has 4 heteroatoms. The summed E-state index contributed by atoms with van der Waals surface area (Å²) >= 11 is 3.61. The van der Waals surface area contributed by atoms with Crippen molar-refractivity contribution in [3.8, 4) is 0 Å². The van der Waals surface area contributed by atoms with Gasteiger partial charge in [-0.15, -0.1) is 0 Å². The number of thiophene rings is 1. The summed E-state index contributed by atoms with van der Waals surface area (Å²) in [4.78, 5) is 4.93. The molecule has 2 aliphatic rings. The van der Waals surface area contributed by atoms with E-state index in [0.717, 1.165) is 5.17 Å². The average molecular weight is 252 g/mol. The van der Waals surface area contributed by atoms with Crippen LogP contribution < -0.4 is 5.32 Å². The Balaban J connectivity index is 1.71. The molecular formula is C12H16N2S2. The first-order chi connectivity index (χ1) is 7.86. The fourth-order valence-corrected chi connectivity index (χ4v) is 4.27. The van der Waals surface area contributed by atoms with Crippen LogP contribution in [-0.2, 0) is 0 Å². The van der Waals surface area contributed by atoms with Crippen LogP contribution in [0, 0.1) is 0 Å². The molecule has 1 N–H and O–H groups in total. The second-order valence-corrected chi connectivity index (χ2v) is 6.37. The van der Waals surface area contributed by atoms with E-state index in [-0.39, 0.29) is 5.54 Å². The molecule has 0 aromatic carbocycles. The summed E-state index contributed by atoms with van der Waals surface area (Å²) < 4.78 is 0. The molecule has 0 amide bonds. The molecule has 2 heterocycles. The van der Waals surface area contributed by atoms with Crippen molar-refractivity contribution in [2.45, 2.75) is 37.6 Å². The summed E-state index contributed by atoms with van der Waals surface area (Å²) in [6, 6.07) is 2.11. The van der Waals surface area contributed by atoms with Crippen molar-refractivity contribution in [3.05, 3.63) is 16.8 Å². The van der Waals surface area contributed by atoms with Crippen LogP contribution in [0.25, 0.3) is 0 Å². The second kappa shape index (κ2) is 4.41. The molecule has 2 nitrogen and oxygen atoms in total. The van der Waals surface area contributed by atoms with E-state index in [4.69, 9.17) is 4.99 Å². The van der Waals surface area contributed by atoms with Crippen LogP contribution in [0.15, 0.2) is 21.8 Å². The molecular weight excluding hydrogens is 236 g/mol. The monoisotopic (exact) mass is 252 g/mol. The third-order valence-electron chi connectivity index (χ3n) is 3.37. The fourth-order valence-electron chi connectivity index (χ4n) is 2.47. The molecule has 0 saturated heterocycles. The van der Waals surface area contributed by atoms with Crippen LogP contribution in [0.4, 0.5) is 5.69 Å². The predicted octanol–water partition coefficient (Wildman–Crippen LogP) is 3.97. The molecule has 1 aromatic heterocycles. The minimum Gasteiger partial charge on any atom is -0.334 e. The minimum atomic E-state index is 0.279. The molecule has 1 spiro atoms. The largest absolute Gasteiger partial charge is 0.334 e. The van der Waals surface area contributed by atoms with Gasteiger partial charge in [0.15, 0.2) is 5.17 Å². The molecule has 0 unspecified atom stereocenters. The van der Waals surface area contributed by atoms with Crippen LogP contribution in [0.5, 0.6) is 0 Å². The van der Waals surface area contributed by atoms with E-state index in [9.17, 15) is 0 Å². The molecule has 0 radical (unpaired) electrons. The third-order valence-corrected chi connectivity index (χ3v) is 5.20. The first-order valence-corrected chi connectivity index (χ1v) is 7.81. The Bertz CT molecular complexity index is 378. The lowest BCUT2D eigenvalue weighted by atomic mass is 9.84. The van der Waals surface area contributed by atoms with E-state index < -0.39 is 0 Å². The summed E-state index contributed by atoms with van der Waals surface area (Å²) in [5.74, 6) is 1.18. The predicted molar refractivity (Wildman–Crippen MR) is 73.7 cm³/mol. The zero-order valence-electron chi connectivity index (χ0n) is 9.24. The summed E-state index contributed by atoms with van der Waals surface area (Å²) in [6.07, 6.45) is 6.68. The number of thioether (sulfide) groups is 1. The maximum atomic E-state index is 4.93. The molecule has 1 saturated carbocycles. The van der Waals surface area contributed by atoms with Gasteiger partial charge in [-0.3, -0.25) is 4.99 Å². The van der Waals surface area contributed by atoms with Crippen molar-refractivity contribution in [1.29, 1.82) is 0 Å². The highest BCUT2D eigenvalue weighted by atomic mass is 32.2. The van der Waals surface area contributed by atoms with E-state index in [1.165, 1.54) is 43.5 Å². The van der Waals surface area contributed by atoms with Crippen LogP contribution in [0.3, 0.4) is 0 Å². The minimum absolute atomic E-state index is 0.279. The molecule has 1 fully saturated rings. The van der Waals surface area contributed by atoms with Gasteiger partial charge in [0, 0.05) is 11.1 Å². The number of hydrogen-bond acceptors (Lipinski definition) is 4. The molecule has 3 rings (SSSR count). The first kappa shape index (κ1) is 10.7. The summed E-state index contributed by atoms with van der Waals surface area (Å²) in [5.41, 5.74) is 1.46. The third kappa shape index (κ3) is 2.13. The number of nitrogens with zero attached hydrogens (tertiary/aromatic N) is 1. The zero-order valence-corrected chi connectivity index (χ0v) is 10.9. The van der Waals surface area contributed by atoms with Crippen LogP contribution in [0.2, 0.25) is 0 Å². The van der Waals surface area contributed by atoms with Gasteiger partial charge in [0.25, 0.3) is 0 Å². The number of rotatable bonds is 1. The van der Waals surface area contributed by atoms with Crippen molar-refractivity contribution >= 4 is 34.0 Å². The highest BCUT2D eigenvalue weighted by molar-refractivity contribution is 8.14. The van der Waals surface area contributed by atoms with Crippen LogP contribution in [-0.4, -0.2) is 16.5 Å². The fraction of sp³-hybridized carbons (Fsp3) is 0.583. The van der Waals surface area contributed by atoms with E-state index in [2.05, 4.69) is 22.1 Å². The van der Waals surface area contributed by atoms with Crippen molar-refractivity contribution in [2.75, 3.05) is 11.1 Å². The van der Waals surface area contributed by atoms with E-state index in [0.29, 0.717) is 0 Å². The molecule has 1 aromatic rings. The van der Waals surface area contributed by atoms with Gasteiger partial charge in [0.05, 0.1) is 11.2 Å². The normalized spacial score (nSPS) is 23.4. The van der Waals surface area contributed by atoms with Gasteiger partial charge in [-0.05, 0) is 24.3 Å². The maximum Gasteiger partial charge on any atom is 0.161 e. The topological polar surface area (TPSA) is 24.4 Å². The highest BCUT2D eigenvalue weighted by Crippen LogP contribution is 2.39. The molecule has 16 heavy (non-hydrogen) atoms. The number of nitrogens with one attached hydrogen (secondary N) is 1. The van der Waals surface area contributed by atoms with Crippen molar-refractivity contribution in [2.24, 2.45) is 4.99 Å². The van der Waals surface area contributed by atoms with Gasteiger partial charge in [0.1, 0.15) is 0 Å². The number of aliphatic imine (C=N–C) groups is 1. The Kier molecular flexibility index (Phi) is 2.94. The van der Waals surface area contributed by atoms with Gasteiger partial charge in [-0.25, -0.2) is 0 Å². The summed E-state index contributed by atoms with van der Waals surface area (Å²) in [7, 11) is 0. The Labute approximate surface area is 105 Å². The summed E-state index contributed by atoms with van der Waals surface area (Å²) in [5, 5.41) is 8.77. The Morgan fingerprint density at radius 2 is 2.12 bits per heavy atom. The van der Waals surface area contributed by atoms with Crippen LogP contribution >= 0.6 is 23.1 Å². The van der Waals surface area contributed by atoms with Gasteiger partial charge in [-0.2, -0.15) is 11.3 Å².